The molecule has 2 nitrogen and oxygen atoms in total. The molecular formula is C16H17BO2. The number of rotatable bonds is 2. The van der Waals surface area contributed by atoms with E-state index in [1.54, 1.807) is 0 Å². The molecule has 0 unspecified atom stereocenters. The van der Waals surface area contributed by atoms with Gasteiger partial charge in [-0.05, 0) is 17.9 Å². The molecule has 0 spiro atoms. The van der Waals surface area contributed by atoms with E-state index in [0.717, 1.165) is 11.9 Å². The summed E-state index contributed by atoms with van der Waals surface area (Å²) in [7, 11) is -0.268. The Kier molecular flexibility index (Phi) is 3.67. The minimum Gasteiger partial charge on any atom is -0.405 e. The lowest BCUT2D eigenvalue weighted by Gasteiger charge is -2.33. The highest BCUT2D eigenvalue weighted by Gasteiger charge is 2.34. The minimum absolute atomic E-state index is 0.107. The van der Waals surface area contributed by atoms with Crippen LogP contribution in [0.4, 0.5) is 0 Å². The second-order valence-electron chi connectivity index (χ2n) is 4.96. The standard InChI is InChI=1S/C16H17BO2/c1-13-12-16(14-8-4-2-5-9-14)19-17(18-13)15-10-6-3-7-11-15/h2-11,13,16H,12H2,1H3/t13-,16+/m0/s1. The molecule has 0 radical (unpaired) electrons. The van der Waals surface area contributed by atoms with Crippen LogP contribution in [-0.4, -0.2) is 13.2 Å². The van der Waals surface area contributed by atoms with Crippen molar-refractivity contribution < 1.29 is 9.31 Å². The Hall–Kier alpha value is -1.58. The van der Waals surface area contributed by atoms with Crippen molar-refractivity contribution in [2.75, 3.05) is 0 Å². The third kappa shape index (κ3) is 2.88. The second kappa shape index (κ2) is 5.60. The Balaban J connectivity index is 1.82. The van der Waals surface area contributed by atoms with Crippen molar-refractivity contribution in [1.82, 2.24) is 0 Å². The van der Waals surface area contributed by atoms with E-state index < -0.39 is 0 Å². The smallest absolute Gasteiger partial charge is 0.405 e. The normalized spacial score (nSPS) is 23.3. The maximum Gasteiger partial charge on any atom is 0.494 e. The molecule has 1 saturated heterocycles. The van der Waals surface area contributed by atoms with Gasteiger partial charge < -0.3 is 9.31 Å². The first-order chi connectivity index (χ1) is 9.33. The first-order valence-corrected chi connectivity index (χ1v) is 6.74. The van der Waals surface area contributed by atoms with E-state index >= 15 is 0 Å². The van der Waals surface area contributed by atoms with Gasteiger partial charge >= 0.3 is 7.12 Å². The quantitative estimate of drug-likeness (QED) is 0.765. The fourth-order valence-corrected chi connectivity index (χ4v) is 2.45. The predicted octanol–water partition coefficient (Wildman–Crippen LogP) is 2.95. The van der Waals surface area contributed by atoms with Crippen LogP contribution in [0.3, 0.4) is 0 Å². The molecule has 0 N–H and O–H groups in total. The van der Waals surface area contributed by atoms with Crippen LogP contribution in [-0.2, 0) is 9.31 Å². The van der Waals surface area contributed by atoms with Crippen molar-refractivity contribution in [2.24, 2.45) is 0 Å². The Bertz CT molecular complexity index is 467. The molecule has 1 aliphatic rings. The lowest BCUT2D eigenvalue weighted by atomic mass is 9.76. The SMILES string of the molecule is C[C@H]1C[C@H](c2ccccc2)OB(c2ccccc2)O1. The van der Waals surface area contributed by atoms with Crippen LogP contribution in [0.2, 0.25) is 0 Å². The van der Waals surface area contributed by atoms with Gasteiger partial charge in [0.2, 0.25) is 0 Å². The molecule has 2 aromatic carbocycles. The Morgan fingerprint density at radius 2 is 1.53 bits per heavy atom. The summed E-state index contributed by atoms with van der Waals surface area (Å²) in [5, 5.41) is 0. The number of hydrogen-bond donors (Lipinski definition) is 0. The van der Waals surface area contributed by atoms with Crippen molar-refractivity contribution in [3.05, 3.63) is 66.2 Å². The summed E-state index contributed by atoms with van der Waals surface area (Å²) in [4.78, 5) is 0. The van der Waals surface area contributed by atoms with Gasteiger partial charge in [-0.25, -0.2) is 0 Å². The molecule has 1 aliphatic heterocycles. The summed E-state index contributed by atoms with van der Waals surface area (Å²) < 4.78 is 12.0. The fourth-order valence-electron chi connectivity index (χ4n) is 2.45. The Morgan fingerprint density at radius 1 is 0.895 bits per heavy atom. The molecule has 2 atom stereocenters. The lowest BCUT2D eigenvalue weighted by Crippen LogP contribution is -2.44. The topological polar surface area (TPSA) is 18.5 Å². The van der Waals surface area contributed by atoms with Gasteiger partial charge in [-0.2, -0.15) is 0 Å². The molecule has 96 valence electrons. The van der Waals surface area contributed by atoms with Crippen LogP contribution < -0.4 is 5.46 Å². The summed E-state index contributed by atoms with van der Waals surface area (Å²) in [5.41, 5.74) is 2.30. The zero-order valence-electron chi connectivity index (χ0n) is 11.0. The Morgan fingerprint density at radius 3 is 2.21 bits per heavy atom. The van der Waals surface area contributed by atoms with Gasteiger partial charge in [0.05, 0.1) is 6.10 Å². The summed E-state index contributed by atoms with van der Waals surface area (Å²) >= 11 is 0. The highest BCUT2D eigenvalue weighted by atomic mass is 16.6. The highest BCUT2D eigenvalue weighted by molar-refractivity contribution is 6.61. The predicted molar refractivity (Wildman–Crippen MR) is 77.3 cm³/mol. The van der Waals surface area contributed by atoms with Gasteiger partial charge in [0, 0.05) is 12.5 Å². The molecule has 3 heteroatoms. The van der Waals surface area contributed by atoms with E-state index in [1.165, 1.54) is 5.56 Å². The molecular weight excluding hydrogens is 235 g/mol. The van der Waals surface area contributed by atoms with Crippen LogP contribution in [0.1, 0.15) is 25.0 Å². The van der Waals surface area contributed by atoms with Gasteiger partial charge in [-0.1, -0.05) is 60.7 Å². The van der Waals surface area contributed by atoms with Crippen molar-refractivity contribution in [3.63, 3.8) is 0 Å². The second-order valence-corrected chi connectivity index (χ2v) is 4.96. The van der Waals surface area contributed by atoms with Gasteiger partial charge in [0.25, 0.3) is 0 Å². The number of benzene rings is 2. The molecule has 0 bridgehead atoms. The summed E-state index contributed by atoms with van der Waals surface area (Å²) in [5.74, 6) is 0. The van der Waals surface area contributed by atoms with Gasteiger partial charge in [0.1, 0.15) is 0 Å². The molecule has 0 aliphatic carbocycles. The van der Waals surface area contributed by atoms with Gasteiger partial charge in [0.15, 0.2) is 0 Å². The maximum absolute atomic E-state index is 6.11. The number of hydrogen-bond acceptors (Lipinski definition) is 2. The van der Waals surface area contributed by atoms with Gasteiger partial charge in [-0.15, -0.1) is 0 Å². The molecule has 1 fully saturated rings. The highest BCUT2D eigenvalue weighted by Crippen LogP contribution is 2.29. The van der Waals surface area contributed by atoms with Crippen molar-refractivity contribution in [3.8, 4) is 0 Å². The maximum atomic E-state index is 6.11. The van der Waals surface area contributed by atoms with E-state index in [4.69, 9.17) is 9.31 Å². The fraction of sp³-hybridized carbons (Fsp3) is 0.250. The van der Waals surface area contributed by atoms with Crippen LogP contribution in [0.25, 0.3) is 0 Å². The summed E-state index contributed by atoms with van der Waals surface area (Å²) in [6.07, 6.45) is 1.20. The van der Waals surface area contributed by atoms with Crippen LogP contribution in [0, 0.1) is 0 Å². The third-order valence-electron chi connectivity index (χ3n) is 3.43. The third-order valence-corrected chi connectivity index (χ3v) is 3.43. The van der Waals surface area contributed by atoms with Crippen LogP contribution >= 0.6 is 0 Å². The lowest BCUT2D eigenvalue weighted by molar-refractivity contribution is 0.0303. The monoisotopic (exact) mass is 252 g/mol. The van der Waals surface area contributed by atoms with E-state index in [1.807, 2.05) is 36.4 Å². The molecule has 0 saturated carbocycles. The van der Waals surface area contributed by atoms with Crippen LogP contribution in [0.5, 0.6) is 0 Å². The van der Waals surface area contributed by atoms with Crippen molar-refractivity contribution in [2.45, 2.75) is 25.6 Å². The molecule has 0 amide bonds. The van der Waals surface area contributed by atoms with Gasteiger partial charge in [-0.3, -0.25) is 0 Å². The minimum atomic E-state index is -0.268. The molecule has 19 heavy (non-hydrogen) atoms. The first-order valence-electron chi connectivity index (χ1n) is 6.74. The van der Waals surface area contributed by atoms with E-state index in [-0.39, 0.29) is 19.3 Å². The summed E-state index contributed by atoms with van der Waals surface area (Å²) in [6, 6.07) is 20.5. The molecule has 1 heterocycles. The van der Waals surface area contributed by atoms with E-state index in [0.29, 0.717) is 0 Å². The van der Waals surface area contributed by atoms with E-state index in [2.05, 4.69) is 31.2 Å². The first kappa shape index (κ1) is 12.5. The van der Waals surface area contributed by atoms with E-state index in [9.17, 15) is 0 Å². The van der Waals surface area contributed by atoms with Crippen molar-refractivity contribution in [1.29, 1.82) is 0 Å². The summed E-state index contributed by atoms with van der Waals surface area (Å²) in [6.45, 7) is 2.11. The largest absolute Gasteiger partial charge is 0.494 e. The molecule has 2 aromatic rings. The average Bonchev–Trinajstić information content (AvgIpc) is 2.48. The Labute approximate surface area is 114 Å². The van der Waals surface area contributed by atoms with Crippen LogP contribution in [0.15, 0.2) is 60.7 Å². The zero-order valence-corrected chi connectivity index (χ0v) is 11.0. The average molecular weight is 252 g/mol. The molecule has 0 aromatic heterocycles. The molecule has 3 rings (SSSR count). The zero-order chi connectivity index (χ0) is 13.1. The van der Waals surface area contributed by atoms with Crippen molar-refractivity contribution >= 4 is 12.6 Å².